The van der Waals surface area contributed by atoms with Gasteiger partial charge in [-0.25, -0.2) is 8.42 Å². The number of amides is 1. The molecule has 2 rings (SSSR count). The van der Waals surface area contributed by atoms with Gasteiger partial charge in [0.15, 0.2) is 0 Å². The fourth-order valence-electron chi connectivity index (χ4n) is 2.62. The van der Waals surface area contributed by atoms with Gasteiger partial charge in [-0.05, 0) is 55.0 Å². The number of alkyl halides is 3. The van der Waals surface area contributed by atoms with Crippen molar-refractivity contribution in [2.45, 2.75) is 25.6 Å². The summed E-state index contributed by atoms with van der Waals surface area (Å²) in [5, 5.41) is 2.87. The van der Waals surface area contributed by atoms with E-state index in [1.165, 1.54) is 24.3 Å². The first-order chi connectivity index (χ1) is 12.9. The monoisotopic (exact) mass is 434 g/mol. The summed E-state index contributed by atoms with van der Waals surface area (Å²) in [4.78, 5) is 12.7. The van der Waals surface area contributed by atoms with E-state index in [2.05, 4.69) is 5.32 Å². The molecule has 0 saturated heterocycles. The number of nitrogens with one attached hydrogen (secondary N) is 1. The second-order valence-electron chi connectivity index (χ2n) is 6.02. The van der Waals surface area contributed by atoms with Crippen molar-refractivity contribution in [2.75, 3.05) is 15.9 Å². The number of sulfonamides is 1. The van der Waals surface area contributed by atoms with Crippen LogP contribution in [0.2, 0.25) is 5.02 Å². The first-order valence-electron chi connectivity index (χ1n) is 8.16. The topological polar surface area (TPSA) is 66.5 Å². The maximum atomic E-state index is 12.7. The molecule has 28 heavy (non-hydrogen) atoms. The molecule has 0 bridgehead atoms. The summed E-state index contributed by atoms with van der Waals surface area (Å²) < 4.78 is 63.5. The van der Waals surface area contributed by atoms with Crippen molar-refractivity contribution >= 4 is 38.9 Å². The quantitative estimate of drug-likeness (QED) is 0.725. The Kier molecular flexibility index (Phi) is 6.61. The van der Waals surface area contributed by atoms with E-state index in [0.29, 0.717) is 5.02 Å². The molecular weight excluding hydrogens is 417 g/mol. The molecule has 0 aliphatic rings. The maximum absolute atomic E-state index is 12.7. The van der Waals surface area contributed by atoms with Crippen LogP contribution < -0.4 is 9.62 Å². The van der Waals surface area contributed by atoms with Crippen LogP contribution in [0.3, 0.4) is 0 Å². The van der Waals surface area contributed by atoms with Gasteiger partial charge in [-0.15, -0.1) is 0 Å². The number of hydrogen-bond acceptors (Lipinski definition) is 3. The van der Waals surface area contributed by atoms with Gasteiger partial charge in [0.25, 0.3) is 0 Å². The first kappa shape index (κ1) is 22.0. The van der Waals surface area contributed by atoms with Gasteiger partial charge in [-0.3, -0.25) is 9.10 Å². The molecule has 0 saturated carbocycles. The van der Waals surface area contributed by atoms with Crippen LogP contribution in [0.15, 0.2) is 48.5 Å². The molecular formula is C18H18ClF3N2O3S. The number of carbonyl (C=O) groups is 1. The summed E-state index contributed by atoms with van der Waals surface area (Å²) in [5.74, 6) is -0.664. The SMILES string of the molecule is CC[C@@H](C(=O)Nc1ccc(C(F)(F)F)cc1)N(c1ccc(Cl)cc1)S(C)(=O)=O. The number of carbonyl (C=O) groups excluding carboxylic acids is 1. The van der Waals surface area contributed by atoms with Crippen LogP contribution in [-0.2, 0) is 21.0 Å². The lowest BCUT2D eigenvalue weighted by atomic mass is 10.1. The smallest absolute Gasteiger partial charge is 0.324 e. The van der Waals surface area contributed by atoms with Gasteiger partial charge in [-0.1, -0.05) is 18.5 Å². The highest BCUT2D eigenvalue weighted by Gasteiger charge is 2.32. The second kappa shape index (κ2) is 8.40. The third-order valence-electron chi connectivity index (χ3n) is 3.89. The van der Waals surface area contributed by atoms with Gasteiger partial charge >= 0.3 is 6.18 Å². The zero-order valence-corrected chi connectivity index (χ0v) is 16.6. The summed E-state index contributed by atoms with van der Waals surface area (Å²) >= 11 is 5.83. The number of anilines is 2. The molecule has 2 aromatic carbocycles. The molecule has 0 fully saturated rings. The number of benzene rings is 2. The van der Waals surface area contributed by atoms with E-state index in [-0.39, 0.29) is 17.8 Å². The van der Waals surface area contributed by atoms with Gasteiger partial charge in [0.05, 0.1) is 17.5 Å². The van der Waals surface area contributed by atoms with Crippen molar-refractivity contribution < 1.29 is 26.4 Å². The molecule has 0 heterocycles. The zero-order chi connectivity index (χ0) is 21.1. The summed E-state index contributed by atoms with van der Waals surface area (Å²) in [5.41, 5.74) is -0.473. The van der Waals surface area contributed by atoms with Crippen molar-refractivity contribution in [1.29, 1.82) is 0 Å². The van der Waals surface area contributed by atoms with Crippen LogP contribution in [0.4, 0.5) is 24.5 Å². The molecule has 1 atom stereocenters. The summed E-state index contributed by atoms with van der Waals surface area (Å²) in [7, 11) is -3.82. The molecule has 1 amide bonds. The molecule has 5 nitrogen and oxygen atoms in total. The Bertz CT molecular complexity index is 930. The minimum atomic E-state index is -4.49. The molecule has 0 aromatic heterocycles. The summed E-state index contributed by atoms with van der Waals surface area (Å²) in [6.45, 7) is 1.63. The lowest BCUT2D eigenvalue weighted by Gasteiger charge is -2.30. The minimum absolute atomic E-state index is 0.126. The van der Waals surface area contributed by atoms with Crippen LogP contribution in [0.1, 0.15) is 18.9 Å². The maximum Gasteiger partial charge on any atom is 0.416 e. The van der Waals surface area contributed by atoms with Crippen LogP contribution >= 0.6 is 11.6 Å². The third-order valence-corrected chi connectivity index (χ3v) is 5.32. The molecule has 0 unspecified atom stereocenters. The van der Waals surface area contributed by atoms with E-state index in [1.807, 2.05) is 0 Å². The Balaban J connectivity index is 2.30. The van der Waals surface area contributed by atoms with Crippen LogP contribution in [-0.4, -0.2) is 26.6 Å². The summed E-state index contributed by atoms with van der Waals surface area (Å²) in [6.07, 6.45) is -3.38. The van der Waals surface area contributed by atoms with Gasteiger partial charge in [-0.2, -0.15) is 13.2 Å². The van der Waals surface area contributed by atoms with Gasteiger partial charge < -0.3 is 5.32 Å². The molecule has 0 aliphatic carbocycles. The van der Waals surface area contributed by atoms with Crippen molar-refractivity contribution in [3.05, 3.63) is 59.1 Å². The van der Waals surface area contributed by atoms with Crippen LogP contribution in [0.5, 0.6) is 0 Å². The fourth-order valence-corrected chi connectivity index (χ4v) is 3.95. The highest BCUT2D eigenvalue weighted by atomic mass is 35.5. The van der Waals surface area contributed by atoms with E-state index in [0.717, 1.165) is 34.8 Å². The lowest BCUT2D eigenvalue weighted by molar-refractivity contribution is -0.137. The van der Waals surface area contributed by atoms with E-state index in [4.69, 9.17) is 11.6 Å². The van der Waals surface area contributed by atoms with Crippen molar-refractivity contribution in [3.8, 4) is 0 Å². The average Bonchev–Trinajstić information content (AvgIpc) is 2.59. The molecule has 0 radical (unpaired) electrons. The Morgan fingerprint density at radius 2 is 1.64 bits per heavy atom. The lowest BCUT2D eigenvalue weighted by Crippen LogP contribution is -2.47. The normalized spacial score (nSPS) is 13.1. The fraction of sp³-hybridized carbons (Fsp3) is 0.278. The van der Waals surface area contributed by atoms with E-state index >= 15 is 0 Å². The highest BCUT2D eigenvalue weighted by Crippen LogP contribution is 2.30. The predicted molar refractivity (Wildman–Crippen MR) is 103 cm³/mol. The summed E-state index contributed by atoms with van der Waals surface area (Å²) in [6, 6.07) is 8.73. The Hall–Kier alpha value is -2.26. The highest BCUT2D eigenvalue weighted by molar-refractivity contribution is 7.92. The van der Waals surface area contributed by atoms with Crippen LogP contribution in [0, 0.1) is 0 Å². The standard InChI is InChI=1S/C18H18ClF3N2O3S/c1-3-16(24(28(2,26)27)15-10-6-13(19)7-11-15)17(25)23-14-8-4-12(5-9-14)18(20,21)22/h4-11,16H,3H2,1-2H3,(H,23,25)/t16-/m0/s1. The number of nitrogens with zero attached hydrogens (tertiary/aromatic N) is 1. The Morgan fingerprint density at radius 1 is 1.11 bits per heavy atom. The largest absolute Gasteiger partial charge is 0.416 e. The van der Waals surface area contributed by atoms with Crippen molar-refractivity contribution in [1.82, 2.24) is 0 Å². The second-order valence-corrected chi connectivity index (χ2v) is 8.32. The zero-order valence-electron chi connectivity index (χ0n) is 15.0. The van der Waals surface area contributed by atoms with Crippen molar-refractivity contribution in [3.63, 3.8) is 0 Å². The Labute approximate surface area is 166 Å². The van der Waals surface area contributed by atoms with Gasteiger partial charge in [0.2, 0.25) is 15.9 Å². The molecule has 2 aromatic rings. The Morgan fingerprint density at radius 3 is 2.07 bits per heavy atom. The van der Waals surface area contributed by atoms with Crippen LogP contribution in [0.25, 0.3) is 0 Å². The number of halogens is 4. The molecule has 0 aliphatic heterocycles. The molecule has 10 heteroatoms. The van der Waals surface area contributed by atoms with E-state index < -0.39 is 33.7 Å². The minimum Gasteiger partial charge on any atom is -0.324 e. The first-order valence-corrected chi connectivity index (χ1v) is 10.4. The third kappa shape index (κ3) is 5.39. The number of rotatable bonds is 6. The predicted octanol–water partition coefficient (Wildman–Crippen LogP) is 4.54. The van der Waals surface area contributed by atoms with E-state index in [1.54, 1.807) is 6.92 Å². The van der Waals surface area contributed by atoms with Crippen molar-refractivity contribution in [2.24, 2.45) is 0 Å². The van der Waals surface area contributed by atoms with Gasteiger partial charge in [0.1, 0.15) is 6.04 Å². The van der Waals surface area contributed by atoms with E-state index in [9.17, 15) is 26.4 Å². The molecule has 1 N–H and O–H groups in total. The van der Waals surface area contributed by atoms with Gasteiger partial charge in [0, 0.05) is 10.7 Å². The molecule has 0 spiro atoms. The number of hydrogen-bond donors (Lipinski definition) is 1. The molecule has 152 valence electrons. The average molecular weight is 435 g/mol.